The number of methoxy groups -OCH3 is 1. The number of likely N-dealkylation sites (N-methyl/N-ethyl adjacent to an activating group) is 1. The largest absolute Gasteiger partial charge is 0.465 e. The molecule has 262 valence electrons. The van der Waals surface area contributed by atoms with Crippen molar-refractivity contribution in [3.63, 3.8) is 0 Å². The van der Waals surface area contributed by atoms with Crippen LogP contribution in [0.25, 0.3) is 33.9 Å². The number of hydrogen-bond acceptors (Lipinski definition) is 9. The second-order valence-electron chi connectivity index (χ2n) is 12.5. The first kappa shape index (κ1) is 34.1. The summed E-state index contributed by atoms with van der Waals surface area (Å²) in [7, 11) is 2.65. The topological polar surface area (TPSA) is 203 Å². The summed E-state index contributed by atoms with van der Waals surface area (Å²) >= 11 is 0. The molecule has 0 bridgehead atoms. The molecule has 0 aliphatic carbocycles. The van der Waals surface area contributed by atoms with Crippen molar-refractivity contribution in [2.45, 2.75) is 63.7 Å². The van der Waals surface area contributed by atoms with Crippen LogP contribution in [-0.4, -0.2) is 113 Å². The lowest BCUT2D eigenvalue weighted by atomic mass is 10.1. The summed E-state index contributed by atoms with van der Waals surface area (Å²) in [5.41, 5.74) is 3.99. The lowest BCUT2D eigenvalue weighted by molar-refractivity contribution is -0.136. The highest BCUT2D eigenvalue weighted by molar-refractivity contribution is 5.86. The molecule has 0 radical (unpaired) electrons. The summed E-state index contributed by atoms with van der Waals surface area (Å²) in [5.74, 6) is 1.42. The Labute approximate surface area is 288 Å². The first-order valence-electron chi connectivity index (χ1n) is 16.5. The lowest BCUT2D eigenvalue weighted by Gasteiger charge is -2.29. The summed E-state index contributed by atoms with van der Waals surface area (Å²) in [4.78, 5) is 78.5. The number of benzene rings is 1. The Kier molecular flexibility index (Phi) is 9.79. The molecular formula is C34H40N10O6. The molecule has 0 saturated carbocycles. The van der Waals surface area contributed by atoms with Crippen LogP contribution in [0.3, 0.4) is 0 Å². The van der Waals surface area contributed by atoms with Gasteiger partial charge >= 0.3 is 12.2 Å². The molecule has 2 saturated heterocycles. The standard InChI is InChI=1S/C34H40N10O6/c1-19(39-33(47)50-4)31(45)43-13-5-7-26(43)29-38-18-25(41-29)23-15-35-28(36-16-23)22-11-9-21(10-12-22)24-17-37-30(40-24)27-8-6-14-44(27)32(46)20(2)42(3)34(48)49/h9-12,15-20,26-27H,5-8,13-14H2,1-4H3,(H,37,40)(H,38,41)(H,39,47)(H,48,49)/t19-,20-,26-,27-/m0/s1. The van der Waals surface area contributed by atoms with Crippen molar-refractivity contribution < 1.29 is 29.0 Å². The van der Waals surface area contributed by atoms with Gasteiger partial charge in [0.15, 0.2) is 5.82 Å². The molecule has 4 atom stereocenters. The number of carbonyl (C=O) groups is 4. The number of alkyl carbamates (subject to hydrolysis) is 1. The van der Waals surface area contributed by atoms with Crippen LogP contribution in [0.4, 0.5) is 9.59 Å². The average Bonchev–Trinajstić information content (AvgIpc) is 3.97. The van der Waals surface area contributed by atoms with Crippen molar-refractivity contribution in [3.05, 3.63) is 60.7 Å². The van der Waals surface area contributed by atoms with E-state index in [0.717, 1.165) is 58.7 Å². The summed E-state index contributed by atoms with van der Waals surface area (Å²) in [6.45, 7) is 4.34. The third-order valence-electron chi connectivity index (χ3n) is 9.44. The number of aromatic amines is 2. The Balaban J connectivity index is 1.10. The third kappa shape index (κ3) is 6.86. The van der Waals surface area contributed by atoms with Crippen LogP contribution in [0.1, 0.15) is 63.3 Å². The Morgan fingerprint density at radius 1 is 0.820 bits per heavy atom. The van der Waals surface area contributed by atoms with E-state index in [1.807, 2.05) is 24.3 Å². The van der Waals surface area contributed by atoms with Crippen LogP contribution < -0.4 is 5.32 Å². The number of H-pyrrole nitrogens is 2. The highest BCUT2D eigenvalue weighted by Crippen LogP contribution is 2.34. The number of likely N-dealkylation sites (tertiary alicyclic amines) is 2. The molecule has 16 nitrogen and oxygen atoms in total. The van der Waals surface area contributed by atoms with Crippen molar-refractivity contribution in [1.82, 2.24) is 49.9 Å². The number of rotatable bonds is 9. The number of imidazole rings is 2. The van der Waals surface area contributed by atoms with E-state index in [9.17, 15) is 24.3 Å². The number of amides is 4. The molecule has 4 N–H and O–H groups in total. The van der Waals surface area contributed by atoms with E-state index >= 15 is 0 Å². The minimum atomic E-state index is -1.15. The van der Waals surface area contributed by atoms with Crippen molar-refractivity contribution in [2.24, 2.45) is 0 Å². The maximum atomic E-state index is 13.1. The zero-order valence-corrected chi connectivity index (χ0v) is 28.3. The van der Waals surface area contributed by atoms with E-state index in [4.69, 9.17) is 0 Å². The van der Waals surface area contributed by atoms with Gasteiger partial charge in [0, 0.05) is 43.7 Å². The number of ether oxygens (including phenoxy) is 1. The molecule has 0 spiro atoms. The van der Waals surface area contributed by atoms with Crippen molar-refractivity contribution in [2.75, 3.05) is 27.2 Å². The molecule has 2 aliphatic rings. The van der Waals surface area contributed by atoms with Gasteiger partial charge in [-0.1, -0.05) is 24.3 Å². The lowest BCUT2D eigenvalue weighted by Crippen LogP contribution is -2.47. The summed E-state index contributed by atoms with van der Waals surface area (Å²) in [6, 6.07) is 5.73. The summed E-state index contributed by atoms with van der Waals surface area (Å²) in [6.07, 6.45) is 8.19. The van der Waals surface area contributed by atoms with E-state index in [0.29, 0.717) is 30.6 Å². The van der Waals surface area contributed by atoms with Crippen LogP contribution in [-0.2, 0) is 14.3 Å². The molecule has 6 rings (SSSR count). The van der Waals surface area contributed by atoms with Gasteiger partial charge < -0.3 is 34.9 Å². The molecule has 0 unspecified atom stereocenters. The number of nitrogens with zero attached hydrogens (tertiary/aromatic N) is 7. The summed E-state index contributed by atoms with van der Waals surface area (Å²) < 4.78 is 4.62. The van der Waals surface area contributed by atoms with Gasteiger partial charge in [0.2, 0.25) is 11.8 Å². The molecule has 3 aromatic heterocycles. The molecule has 2 aliphatic heterocycles. The van der Waals surface area contributed by atoms with Crippen LogP contribution >= 0.6 is 0 Å². The number of aromatic nitrogens is 6. The molecule has 5 heterocycles. The van der Waals surface area contributed by atoms with E-state index < -0.39 is 24.3 Å². The molecule has 1 aromatic carbocycles. The predicted octanol–water partition coefficient (Wildman–Crippen LogP) is 3.99. The number of nitrogens with one attached hydrogen (secondary N) is 3. The Hall–Kier alpha value is -5.80. The smallest absolute Gasteiger partial charge is 0.407 e. The zero-order valence-electron chi connectivity index (χ0n) is 28.3. The van der Waals surface area contributed by atoms with Crippen LogP contribution in [0, 0.1) is 0 Å². The minimum Gasteiger partial charge on any atom is -0.465 e. The van der Waals surface area contributed by atoms with E-state index in [2.05, 4.69) is 40.0 Å². The first-order valence-corrected chi connectivity index (χ1v) is 16.5. The molecule has 2 fully saturated rings. The fourth-order valence-corrected chi connectivity index (χ4v) is 6.47. The maximum Gasteiger partial charge on any atom is 0.407 e. The number of carboxylic acid groups (broad SMARTS) is 1. The Morgan fingerprint density at radius 3 is 1.88 bits per heavy atom. The third-order valence-corrected chi connectivity index (χ3v) is 9.44. The van der Waals surface area contributed by atoms with Gasteiger partial charge in [-0.2, -0.15) is 0 Å². The van der Waals surface area contributed by atoms with Gasteiger partial charge in [0.1, 0.15) is 23.7 Å². The Bertz CT molecular complexity index is 1860. The Morgan fingerprint density at radius 2 is 1.34 bits per heavy atom. The summed E-state index contributed by atoms with van der Waals surface area (Å²) in [5, 5.41) is 11.8. The second-order valence-corrected chi connectivity index (χ2v) is 12.5. The van der Waals surface area contributed by atoms with Gasteiger partial charge in [-0.15, -0.1) is 0 Å². The molecule has 4 aromatic rings. The number of carbonyl (C=O) groups excluding carboxylic acids is 3. The van der Waals surface area contributed by atoms with E-state index in [1.165, 1.54) is 14.2 Å². The van der Waals surface area contributed by atoms with Gasteiger partial charge in [-0.3, -0.25) is 14.5 Å². The fraction of sp³-hybridized carbons (Fsp3) is 0.412. The molecule has 4 amide bonds. The quantitative estimate of drug-likeness (QED) is 0.200. The molecule has 50 heavy (non-hydrogen) atoms. The SMILES string of the molecule is COC(=O)N[C@@H](C)C(=O)N1CCC[C@H]1c1ncc(-c2cnc(-c3ccc(-c4cnc([C@@H]5CCCN5C(=O)[C@H](C)N(C)C(=O)O)[nH]4)cc3)nc2)[nH]1. The highest BCUT2D eigenvalue weighted by atomic mass is 16.5. The number of hydrogen-bond donors (Lipinski definition) is 4. The monoisotopic (exact) mass is 684 g/mol. The predicted molar refractivity (Wildman–Crippen MR) is 180 cm³/mol. The minimum absolute atomic E-state index is 0.202. The van der Waals surface area contributed by atoms with Gasteiger partial charge in [0.05, 0.1) is 43.0 Å². The van der Waals surface area contributed by atoms with Gasteiger partial charge in [0.25, 0.3) is 0 Å². The van der Waals surface area contributed by atoms with E-state index in [1.54, 1.807) is 48.4 Å². The average molecular weight is 685 g/mol. The van der Waals surface area contributed by atoms with Crippen molar-refractivity contribution >= 4 is 24.0 Å². The fourth-order valence-electron chi connectivity index (χ4n) is 6.47. The normalized spacial score (nSPS) is 18.5. The zero-order chi connectivity index (χ0) is 35.5. The first-order chi connectivity index (χ1) is 24.0. The van der Waals surface area contributed by atoms with Crippen LogP contribution in [0.2, 0.25) is 0 Å². The van der Waals surface area contributed by atoms with Gasteiger partial charge in [-0.05, 0) is 45.1 Å². The van der Waals surface area contributed by atoms with Gasteiger partial charge in [-0.25, -0.2) is 29.5 Å². The molecular weight excluding hydrogens is 644 g/mol. The van der Waals surface area contributed by atoms with Crippen LogP contribution in [0.15, 0.2) is 49.1 Å². The molecule has 16 heteroatoms. The second kappa shape index (κ2) is 14.4. The van der Waals surface area contributed by atoms with Crippen LogP contribution in [0.5, 0.6) is 0 Å². The van der Waals surface area contributed by atoms with Crippen molar-refractivity contribution in [3.8, 4) is 33.9 Å². The van der Waals surface area contributed by atoms with E-state index in [-0.39, 0.29) is 23.9 Å². The highest BCUT2D eigenvalue weighted by Gasteiger charge is 2.37. The van der Waals surface area contributed by atoms with Crippen molar-refractivity contribution in [1.29, 1.82) is 0 Å². The maximum absolute atomic E-state index is 13.1.